The van der Waals surface area contributed by atoms with Crippen molar-refractivity contribution in [2.75, 3.05) is 40.5 Å². The molecule has 9 heteroatoms. The topological polar surface area (TPSA) is 111 Å². The van der Waals surface area contributed by atoms with Gasteiger partial charge in [0.15, 0.2) is 0 Å². The lowest BCUT2D eigenvalue weighted by Crippen LogP contribution is -2.01. The zero-order valence-electron chi connectivity index (χ0n) is 20.8. The van der Waals surface area contributed by atoms with E-state index < -0.39 is 0 Å². The van der Waals surface area contributed by atoms with Crippen molar-refractivity contribution in [2.24, 2.45) is 9.98 Å². The summed E-state index contributed by atoms with van der Waals surface area (Å²) in [5.74, 6) is 1.46. The van der Waals surface area contributed by atoms with Crippen molar-refractivity contribution in [1.82, 2.24) is 9.97 Å². The Morgan fingerprint density at radius 3 is 1.44 bits per heavy atom. The van der Waals surface area contributed by atoms with Crippen LogP contribution in [-0.4, -0.2) is 69.6 Å². The lowest BCUT2D eigenvalue weighted by Gasteiger charge is -2.06. The first kappa shape index (κ1) is 28.3. The Hall–Kier alpha value is -3.95. The predicted octanol–water partition coefficient (Wildman–Crippen LogP) is 4.03. The van der Waals surface area contributed by atoms with E-state index in [1.807, 2.05) is 24.3 Å². The number of methoxy groups -OCH3 is 2. The number of rotatable bonds is 14. The Kier molecular flexibility index (Phi) is 13.7. The van der Waals surface area contributed by atoms with Crippen LogP contribution in [0.3, 0.4) is 0 Å². The van der Waals surface area contributed by atoms with Gasteiger partial charge in [0.2, 0.25) is 0 Å². The SMILES string of the molecule is C=N.COc1ccc(C=NCCOCc2ccc(COCCN=Cc3ccc(OC)cn3)cc2)nc1. The summed E-state index contributed by atoms with van der Waals surface area (Å²) >= 11 is 0. The molecule has 0 atom stereocenters. The maximum Gasteiger partial charge on any atom is 0.137 e. The van der Waals surface area contributed by atoms with Crippen molar-refractivity contribution in [3.63, 3.8) is 0 Å². The Morgan fingerprint density at radius 2 is 1.11 bits per heavy atom. The van der Waals surface area contributed by atoms with Crippen LogP contribution in [0.4, 0.5) is 0 Å². The van der Waals surface area contributed by atoms with Gasteiger partial charge in [-0.25, -0.2) is 0 Å². The second-order valence-corrected chi connectivity index (χ2v) is 7.24. The molecule has 36 heavy (non-hydrogen) atoms. The highest BCUT2D eigenvalue weighted by Crippen LogP contribution is 2.09. The van der Waals surface area contributed by atoms with Crippen LogP contribution in [0.1, 0.15) is 22.5 Å². The lowest BCUT2D eigenvalue weighted by atomic mass is 10.1. The van der Waals surface area contributed by atoms with Crippen LogP contribution in [-0.2, 0) is 22.7 Å². The number of pyridine rings is 2. The van der Waals surface area contributed by atoms with Crippen LogP contribution in [0.2, 0.25) is 0 Å². The molecule has 0 aliphatic heterocycles. The van der Waals surface area contributed by atoms with E-state index in [2.05, 4.69) is 50.9 Å². The zero-order chi connectivity index (χ0) is 25.8. The molecule has 0 unspecified atom stereocenters. The molecule has 0 radical (unpaired) electrons. The molecular weight excluding hydrogens is 458 g/mol. The van der Waals surface area contributed by atoms with E-state index in [1.165, 1.54) is 0 Å². The molecule has 0 saturated carbocycles. The van der Waals surface area contributed by atoms with Crippen molar-refractivity contribution in [3.8, 4) is 11.5 Å². The quantitative estimate of drug-likeness (QED) is 0.269. The summed E-state index contributed by atoms with van der Waals surface area (Å²) in [4.78, 5) is 17.1. The van der Waals surface area contributed by atoms with Gasteiger partial charge in [-0.1, -0.05) is 24.3 Å². The lowest BCUT2D eigenvalue weighted by molar-refractivity contribution is 0.126. The minimum atomic E-state index is 0.546. The summed E-state index contributed by atoms with van der Waals surface area (Å²) in [7, 11) is 3.23. The van der Waals surface area contributed by atoms with Crippen molar-refractivity contribution >= 4 is 19.1 Å². The fourth-order valence-corrected chi connectivity index (χ4v) is 2.84. The monoisotopic (exact) mass is 491 g/mol. The molecule has 0 aliphatic carbocycles. The highest BCUT2D eigenvalue weighted by atomic mass is 16.5. The van der Waals surface area contributed by atoms with Gasteiger partial charge in [0, 0.05) is 12.4 Å². The number of hydrogen-bond acceptors (Lipinski definition) is 9. The molecule has 0 spiro atoms. The van der Waals surface area contributed by atoms with Gasteiger partial charge in [-0.2, -0.15) is 0 Å². The van der Waals surface area contributed by atoms with E-state index >= 15 is 0 Å². The van der Waals surface area contributed by atoms with Gasteiger partial charge in [-0.05, 0) is 42.1 Å². The molecule has 3 aromatic rings. The highest BCUT2D eigenvalue weighted by Gasteiger charge is 1.97. The zero-order valence-corrected chi connectivity index (χ0v) is 20.8. The summed E-state index contributed by atoms with van der Waals surface area (Å²) in [5.41, 5.74) is 3.81. The van der Waals surface area contributed by atoms with Gasteiger partial charge in [0.25, 0.3) is 0 Å². The van der Waals surface area contributed by atoms with Crippen LogP contribution in [0, 0.1) is 5.41 Å². The van der Waals surface area contributed by atoms with Crippen LogP contribution in [0.15, 0.2) is 70.9 Å². The molecule has 0 fully saturated rings. The first-order chi connectivity index (χ1) is 17.8. The van der Waals surface area contributed by atoms with E-state index in [0.717, 1.165) is 34.0 Å². The first-order valence-corrected chi connectivity index (χ1v) is 11.4. The van der Waals surface area contributed by atoms with Crippen molar-refractivity contribution < 1.29 is 18.9 Å². The standard InChI is InChI=1S/C26H30N4O4.CH3N/c1-31-25-9-7-23(29-17-25)15-27-11-13-33-19-21-3-5-22(6-4-21)20-34-14-12-28-16-24-8-10-26(32-2)18-30-24;1-2/h3-10,15-18H,11-14,19-20H2,1-2H3;2H,1H2. The highest BCUT2D eigenvalue weighted by molar-refractivity contribution is 5.77. The number of ether oxygens (including phenoxy) is 4. The second kappa shape index (κ2) is 17.5. The predicted molar refractivity (Wildman–Crippen MR) is 142 cm³/mol. The average molecular weight is 492 g/mol. The Bertz CT molecular complexity index is 955. The maximum absolute atomic E-state index is 5.70. The van der Waals surface area contributed by atoms with Gasteiger partial charge in [-0.15, -0.1) is 0 Å². The Balaban J connectivity index is 0.00000222. The third-order valence-electron chi connectivity index (χ3n) is 4.73. The summed E-state index contributed by atoms with van der Waals surface area (Å²) in [5, 5.41) is 5.50. The van der Waals surface area contributed by atoms with Crippen molar-refractivity contribution in [3.05, 3.63) is 83.4 Å². The van der Waals surface area contributed by atoms with E-state index in [9.17, 15) is 0 Å². The summed E-state index contributed by atoms with van der Waals surface area (Å²) in [6.45, 7) is 5.85. The molecule has 9 nitrogen and oxygen atoms in total. The van der Waals surface area contributed by atoms with Gasteiger partial charge >= 0.3 is 0 Å². The van der Waals surface area contributed by atoms with Crippen LogP contribution in [0.25, 0.3) is 0 Å². The van der Waals surface area contributed by atoms with Gasteiger partial charge in [0.05, 0.1) is 77.5 Å². The van der Waals surface area contributed by atoms with Gasteiger partial charge < -0.3 is 24.4 Å². The minimum absolute atomic E-state index is 0.546. The van der Waals surface area contributed by atoms with Crippen LogP contribution >= 0.6 is 0 Å². The third-order valence-corrected chi connectivity index (χ3v) is 4.73. The number of benzene rings is 1. The smallest absolute Gasteiger partial charge is 0.137 e. The summed E-state index contributed by atoms with van der Waals surface area (Å²) in [6, 6.07) is 15.6. The van der Waals surface area contributed by atoms with E-state index in [1.54, 1.807) is 39.0 Å². The van der Waals surface area contributed by atoms with E-state index in [0.29, 0.717) is 39.5 Å². The Labute approximate surface area is 212 Å². The van der Waals surface area contributed by atoms with Gasteiger partial charge in [-0.3, -0.25) is 20.0 Å². The van der Waals surface area contributed by atoms with Crippen LogP contribution in [0.5, 0.6) is 11.5 Å². The Morgan fingerprint density at radius 1 is 0.694 bits per heavy atom. The molecule has 3 rings (SSSR count). The molecular formula is C27H33N5O4. The number of nitrogens with zero attached hydrogens (tertiary/aromatic N) is 4. The fraction of sp³-hybridized carbons (Fsp3) is 0.296. The number of nitrogens with one attached hydrogen (secondary N) is 1. The van der Waals surface area contributed by atoms with Gasteiger partial charge in [0.1, 0.15) is 11.5 Å². The average Bonchev–Trinajstić information content (AvgIpc) is 2.95. The first-order valence-electron chi connectivity index (χ1n) is 11.4. The molecule has 1 aromatic carbocycles. The third kappa shape index (κ3) is 11.0. The molecule has 0 saturated heterocycles. The number of aliphatic imine (C=N–C) groups is 2. The molecule has 0 bridgehead atoms. The molecule has 0 amide bonds. The fourth-order valence-electron chi connectivity index (χ4n) is 2.84. The second-order valence-electron chi connectivity index (χ2n) is 7.24. The minimum Gasteiger partial charge on any atom is -0.495 e. The number of aromatic nitrogens is 2. The largest absolute Gasteiger partial charge is 0.495 e. The maximum atomic E-state index is 5.70. The molecule has 1 N–H and O–H groups in total. The molecule has 2 aromatic heterocycles. The molecule has 0 aliphatic rings. The van der Waals surface area contributed by atoms with Crippen molar-refractivity contribution in [2.45, 2.75) is 13.2 Å². The van der Waals surface area contributed by atoms with E-state index in [-0.39, 0.29) is 0 Å². The van der Waals surface area contributed by atoms with Crippen LogP contribution < -0.4 is 9.47 Å². The molecule has 190 valence electrons. The van der Waals surface area contributed by atoms with E-state index in [4.69, 9.17) is 24.4 Å². The molecule has 2 heterocycles. The van der Waals surface area contributed by atoms with Crippen molar-refractivity contribution in [1.29, 1.82) is 5.41 Å². The number of hydrogen-bond donors (Lipinski definition) is 1. The summed E-state index contributed by atoms with van der Waals surface area (Å²) in [6.07, 6.45) is 6.81. The summed E-state index contributed by atoms with van der Waals surface area (Å²) < 4.78 is 21.6. The normalized spacial score (nSPS) is 10.8.